The number of rotatable bonds is 4. The molecule has 212 valence electrons. The van der Waals surface area contributed by atoms with E-state index in [1.54, 1.807) is 0 Å². The summed E-state index contributed by atoms with van der Waals surface area (Å²) in [5, 5.41) is 5.93. The number of benzene rings is 6. The zero-order valence-electron chi connectivity index (χ0n) is 24.7. The maximum atomic E-state index is 5.36. The Labute approximate surface area is 261 Å². The first-order valence-electron chi connectivity index (χ1n) is 15.6. The molecule has 2 aromatic heterocycles. The van der Waals surface area contributed by atoms with Gasteiger partial charge < -0.3 is 0 Å². The van der Waals surface area contributed by atoms with E-state index >= 15 is 0 Å². The van der Waals surface area contributed by atoms with Crippen molar-refractivity contribution in [3.8, 4) is 28.3 Å². The second kappa shape index (κ2) is 10.4. The van der Waals surface area contributed by atoms with Gasteiger partial charge in [-0.1, -0.05) is 127 Å². The van der Waals surface area contributed by atoms with Crippen molar-refractivity contribution in [1.29, 1.82) is 0 Å². The summed E-state index contributed by atoms with van der Waals surface area (Å²) in [5.74, 6) is 0.673. The van der Waals surface area contributed by atoms with Gasteiger partial charge in [0.2, 0.25) is 5.95 Å². The van der Waals surface area contributed by atoms with Crippen LogP contribution in [-0.2, 0) is 0 Å². The van der Waals surface area contributed by atoms with Crippen LogP contribution in [0.1, 0.15) is 18.4 Å². The van der Waals surface area contributed by atoms with Gasteiger partial charge in [0.25, 0.3) is 0 Å². The summed E-state index contributed by atoms with van der Waals surface area (Å²) < 4.78 is 2.27. The summed E-state index contributed by atoms with van der Waals surface area (Å²) in [6.07, 6.45) is 9.02. The summed E-state index contributed by atoms with van der Waals surface area (Å²) in [6.45, 7) is 0. The average molecular weight is 576 g/mol. The second-order valence-corrected chi connectivity index (χ2v) is 11.7. The molecule has 0 N–H and O–H groups in total. The summed E-state index contributed by atoms with van der Waals surface area (Å²) in [6, 6.07) is 47.5. The fraction of sp³-hybridized carbons (Fsp3) is 0.0476. The molecule has 0 spiro atoms. The molecule has 0 atom stereocenters. The lowest BCUT2D eigenvalue weighted by molar-refractivity contribution is 1.01. The molecule has 0 aliphatic heterocycles. The summed E-state index contributed by atoms with van der Waals surface area (Å²) in [4.78, 5) is 10.7. The van der Waals surface area contributed by atoms with E-state index < -0.39 is 0 Å². The van der Waals surface area contributed by atoms with Crippen LogP contribution in [0.15, 0.2) is 152 Å². The van der Waals surface area contributed by atoms with E-state index in [4.69, 9.17) is 9.97 Å². The minimum absolute atomic E-state index is 0.673. The molecule has 0 radical (unpaired) electrons. The second-order valence-electron chi connectivity index (χ2n) is 11.7. The molecule has 0 saturated heterocycles. The van der Waals surface area contributed by atoms with Gasteiger partial charge in [0.15, 0.2) is 0 Å². The number of hydrogen-bond acceptors (Lipinski definition) is 2. The minimum atomic E-state index is 0.673. The third-order valence-electron chi connectivity index (χ3n) is 9.02. The zero-order valence-corrected chi connectivity index (χ0v) is 24.7. The third kappa shape index (κ3) is 4.28. The Hall–Kier alpha value is -5.80. The van der Waals surface area contributed by atoms with Crippen molar-refractivity contribution < 1.29 is 0 Å². The standard InChI is InChI=1S/C42H29N3/c1-4-12-28(13-5-1)32-20-23-35-37(26-32)43-42(44-41(35)31-17-8-3-9-18-31)45-38-25-22-30-16-10-11-19-34(30)40(38)36-24-21-33(27-39(36)45)29-14-6-2-7-15-29/h1,3-6,8-27H,2,7H2. The van der Waals surface area contributed by atoms with Crippen molar-refractivity contribution in [2.75, 3.05) is 0 Å². The van der Waals surface area contributed by atoms with Crippen LogP contribution >= 0.6 is 0 Å². The first-order valence-corrected chi connectivity index (χ1v) is 15.6. The highest BCUT2D eigenvalue weighted by molar-refractivity contribution is 6.21. The smallest absolute Gasteiger partial charge is 0.235 e. The van der Waals surface area contributed by atoms with Gasteiger partial charge in [-0.2, -0.15) is 0 Å². The van der Waals surface area contributed by atoms with E-state index in [0.29, 0.717) is 5.95 Å². The Bertz CT molecular complexity index is 2470. The first kappa shape index (κ1) is 25.7. The van der Waals surface area contributed by atoms with E-state index in [9.17, 15) is 0 Å². The van der Waals surface area contributed by atoms with Gasteiger partial charge in [-0.25, -0.2) is 9.97 Å². The van der Waals surface area contributed by atoms with Crippen LogP contribution < -0.4 is 0 Å². The van der Waals surface area contributed by atoms with Crippen molar-refractivity contribution in [3.05, 3.63) is 157 Å². The van der Waals surface area contributed by atoms with Crippen LogP contribution in [0.2, 0.25) is 0 Å². The molecule has 1 aliphatic rings. The van der Waals surface area contributed by atoms with E-state index in [1.165, 1.54) is 38.2 Å². The van der Waals surface area contributed by atoms with Crippen LogP contribution in [0.4, 0.5) is 0 Å². The number of fused-ring (bicyclic) bond motifs is 6. The molecular formula is C42H29N3. The van der Waals surface area contributed by atoms with Crippen LogP contribution in [0.25, 0.3) is 77.4 Å². The predicted molar refractivity (Wildman–Crippen MR) is 189 cm³/mol. The third-order valence-corrected chi connectivity index (χ3v) is 9.02. The molecule has 2 heterocycles. The SMILES string of the molecule is C1=CC(c2ccc3c4c5ccccc5ccc4n(-c4nc(-c5ccccc5)c5ccc(-c6ccccc6)cc5n4)c3c2)=CCC1. The fourth-order valence-corrected chi connectivity index (χ4v) is 6.85. The number of nitrogens with zero attached hydrogens (tertiary/aromatic N) is 3. The summed E-state index contributed by atoms with van der Waals surface area (Å²) in [5.41, 5.74) is 9.92. The van der Waals surface area contributed by atoms with Crippen molar-refractivity contribution >= 4 is 49.1 Å². The zero-order chi connectivity index (χ0) is 29.7. The average Bonchev–Trinajstić information content (AvgIpc) is 3.46. The van der Waals surface area contributed by atoms with Crippen molar-refractivity contribution in [2.45, 2.75) is 12.8 Å². The van der Waals surface area contributed by atoms with Crippen LogP contribution in [0.5, 0.6) is 0 Å². The van der Waals surface area contributed by atoms with Gasteiger partial charge in [-0.15, -0.1) is 0 Å². The Morgan fingerprint density at radius 3 is 2.09 bits per heavy atom. The van der Waals surface area contributed by atoms with Crippen LogP contribution in [0.3, 0.4) is 0 Å². The molecule has 0 saturated carbocycles. The topological polar surface area (TPSA) is 30.7 Å². The Kier molecular flexibility index (Phi) is 5.95. The van der Waals surface area contributed by atoms with Gasteiger partial charge in [0.1, 0.15) is 0 Å². The predicted octanol–water partition coefficient (Wildman–Crippen LogP) is 10.9. The van der Waals surface area contributed by atoms with Gasteiger partial charge in [0.05, 0.1) is 22.2 Å². The molecule has 1 aliphatic carbocycles. The monoisotopic (exact) mass is 575 g/mol. The molecule has 0 amide bonds. The number of allylic oxidation sites excluding steroid dienone is 4. The molecule has 0 fully saturated rings. The van der Waals surface area contributed by atoms with E-state index in [2.05, 4.69) is 156 Å². The number of hydrogen-bond donors (Lipinski definition) is 0. The highest BCUT2D eigenvalue weighted by Gasteiger charge is 2.20. The molecule has 45 heavy (non-hydrogen) atoms. The lowest BCUT2D eigenvalue weighted by Crippen LogP contribution is -2.04. The van der Waals surface area contributed by atoms with E-state index in [0.717, 1.165) is 51.6 Å². The molecule has 3 heteroatoms. The fourth-order valence-electron chi connectivity index (χ4n) is 6.85. The van der Waals surface area contributed by atoms with Crippen LogP contribution in [-0.4, -0.2) is 14.5 Å². The van der Waals surface area contributed by atoms with Crippen molar-refractivity contribution in [2.24, 2.45) is 0 Å². The molecule has 9 rings (SSSR count). The molecule has 0 bridgehead atoms. The van der Waals surface area contributed by atoms with E-state index in [1.807, 2.05) is 0 Å². The summed E-state index contributed by atoms with van der Waals surface area (Å²) >= 11 is 0. The first-order chi connectivity index (χ1) is 22.3. The molecule has 0 unspecified atom stereocenters. The maximum absolute atomic E-state index is 5.36. The highest BCUT2D eigenvalue weighted by Crippen LogP contribution is 2.39. The Balaban J connectivity index is 1.39. The summed E-state index contributed by atoms with van der Waals surface area (Å²) in [7, 11) is 0. The normalized spacial score (nSPS) is 13.2. The van der Waals surface area contributed by atoms with Crippen LogP contribution in [0, 0.1) is 0 Å². The highest BCUT2D eigenvalue weighted by atomic mass is 15.2. The van der Waals surface area contributed by atoms with Gasteiger partial charge in [0, 0.05) is 21.7 Å². The number of aromatic nitrogens is 3. The minimum Gasteiger partial charge on any atom is -0.278 e. The lowest BCUT2D eigenvalue weighted by Gasteiger charge is -2.13. The van der Waals surface area contributed by atoms with Gasteiger partial charge in [-0.05, 0) is 70.1 Å². The molecule has 3 nitrogen and oxygen atoms in total. The molecular weight excluding hydrogens is 546 g/mol. The quantitative estimate of drug-likeness (QED) is 0.209. The molecule has 8 aromatic rings. The van der Waals surface area contributed by atoms with Crippen molar-refractivity contribution in [3.63, 3.8) is 0 Å². The Morgan fingerprint density at radius 1 is 0.511 bits per heavy atom. The largest absolute Gasteiger partial charge is 0.278 e. The van der Waals surface area contributed by atoms with E-state index in [-0.39, 0.29) is 0 Å². The maximum Gasteiger partial charge on any atom is 0.235 e. The van der Waals surface area contributed by atoms with Gasteiger partial charge in [-0.3, -0.25) is 4.57 Å². The van der Waals surface area contributed by atoms with Crippen molar-refractivity contribution in [1.82, 2.24) is 14.5 Å². The van der Waals surface area contributed by atoms with Gasteiger partial charge >= 0.3 is 0 Å². The lowest BCUT2D eigenvalue weighted by atomic mass is 9.98. The Morgan fingerprint density at radius 2 is 1.27 bits per heavy atom. The molecule has 6 aromatic carbocycles.